The Morgan fingerprint density at radius 2 is 1.86 bits per heavy atom. The first-order valence-corrected chi connectivity index (χ1v) is 4.24. The van der Waals surface area contributed by atoms with E-state index in [1.165, 1.54) is 24.3 Å². The minimum Gasteiger partial charge on any atom is -0.314 e. The third kappa shape index (κ3) is 2.01. The molecule has 0 aromatic heterocycles. The van der Waals surface area contributed by atoms with Crippen LogP contribution in [0.2, 0.25) is 5.02 Å². The second kappa shape index (κ2) is 3.44. The first-order valence-electron chi connectivity index (χ1n) is 3.87. The maximum atomic E-state index is 12.5. The molecule has 0 aliphatic rings. The molecule has 78 valence electrons. The molecule has 0 fully saturated rings. The lowest BCUT2D eigenvalue weighted by Crippen LogP contribution is -2.47. The highest BCUT2D eigenvalue weighted by Gasteiger charge is 2.49. The van der Waals surface area contributed by atoms with Crippen molar-refractivity contribution < 1.29 is 13.2 Å². The molecule has 0 spiro atoms. The zero-order chi connectivity index (χ0) is 11.0. The van der Waals surface area contributed by atoms with Crippen molar-refractivity contribution >= 4 is 11.6 Å². The average Bonchev–Trinajstić information content (AvgIpc) is 2.02. The van der Waals surface area contributed by atoms with Crippen molar-refractivity contribution in [1.82, 2.24) is 0 Å². The molecule has 1 aromatic rings. The van der Waals surface area contributed by atoms with E-state index in [0.717, 1.165) is 6.92 Å². The van der Waals surface area contributed by atoms with Crippen molar-refractivity contribution in [1.29, 1.82) is 0 Å². The SMILES string of the molecule is C[C@@](N)(c1cccc(Cl)c1)C(F)(F)F. The van der Waals surface area contributed by atoms with Crippen LogP contribution in [-0.4, -0.2) is 6.18 Å². The van der Waals surface area contributed by atoms with Crippen molar-refractivity contribution in [3.8, 4) is 0 Å². The molecule has 0 bridgehead atoms. The Morgan fingerprint density at radius 3 is 2.29 bits per heavy atom. The number of rotatable bonds is 1. The first kappa shape index (κ1) is 11.3. The molecule has 0 unspecified atom stereocenters. The summed E-state index contributed by atoms with van der Waals surface area (Å²) in [5, 5.41) is 0.239. The predicted molar refractivity (Wildman–Crippen MR) is 49.0 cm³/mol. The quantitative estimate of drug-likeness (QED) is 0.778. The van der Waals surface area contributed by atoms with Crippen LogP contribution in [0.1, 0.15) is 12.5 Å². The number of halogens is 4. The zero-order valence-electron chi connectivity index (χ0n) is 7.40. The Kier molecular flexibility index (Phi) is 2.78. The van der Waals surface area contributed by atoms with Crippen LogP contribution in [0.5, 0.6) is 0 Å². The smallest absolute Gasteiger partial charge is 0.314 e. The van der Waals surface area contributed by atoms with E-state index in [0.29, 0.717) is 0 Å². The van der Waals surface area contributed by atoms with Crippen molar-refractivity contribution in [2.45, 2.75) is 18.6 Å². The van der Waals surface area contributed by atoms with E-state index >= 15 is 0 Å². The molecule has 0 radical (unpaired) electrons. The van der Waals surface area contributed by atoms with Gasteiger partial charge in [-0.3, -0.25) is 0 Å². The van der Waals surface area contributed by atoms with Crippen LogP contribution in [0.4, 0.5) is 13.2 Å². The van der Waals surface area contributed by atoms with Gasteiger partial charge in [-0.05, 0) is 24.6 Å². The molecule has 1 aromatic carbocycles. The lowest BCUT2D eigenvalue weighted by atomic mass is 9.93. The van der Waals surface area contributed by atoms with Crippen molar-refractivity contribution in [3.05, 3.63) is 34.9 Å². The summed E-state index contributed by atoms with van der Waals surface area (Å²) in [6, 6.07) is 5.46. The number of alkyl halides is 3. The summed E-state index contributed by atoms with van der Waals surface area (Å²) in [4.78, 5) is 0. The number of hydrogen-bond donors (Lipinski definition) is 1. The molecular formula is C9H9ClF3N. The van der Waals surface area contributed by atoms with Gasteiger partial charge in [0, 0.05) is 5.02 Å². The van der Waals surface area contributed by atoms with Gasteiger partial charge in [0.2, 0.25) is 0 Å². The van der Waals surface area contributed by atoms with Gasteiger partial charge in [-0.1, -0.05) is 23.7 Å². The number of benzene rings is 1. The first-order chi connectivity index (χ1) is 6.25. The van der Waals surface area contributed by atoms with E-state index in [1.54, 1.807) is 0 Å². The summed E-state index contributed by atoms with van der Waals surface area (Å²) >= 11 is 5.58. The van der Waals surface area contributed by atoms with Gasteiger partial charge in [0.05, 0.1) is 0 Å². The Hall–Kier alpha value is -0.740. The molecule has 1 nitrogen and oxygen atoms in total. The summed E-state index contributed by atoms with van der Waals surface area (Å²) in [5.74, 6) is 0. The van der Waals surface area contributed by atoms with Gasteiger partial charge in [-0.25, -0.2) is 0 Å². The predicted octanol–water partition coefficient (Wildman–Crippen LogP) is 3.08. The van der Waals surface area contributed by atoms with Crippen LogP contribution in [0, 0.1) is 0 Å². The summed E-state index contributed by atoms with van der Waals surface area (Å²) in [6.07, 6.45) is -4.49. The second-order valence-electron chi connectivity index (χ2n) is 3.21. The van der Waals surface area contributed by atoms with Gasteiger partial charge >= 0.3 is 6.18 Å². The Bertz CT molecular complexity index is 333. The maximum Gasteiger partial charge on any atom is 0.410 e. The van der Waals surface area contributed by atoms with E-state index in [9.17, 15) is 13.2 Å². The van der Waals surface area contributed by atoms with Crippen LogP contribution in [-0.2, 0) is 5.54 Å². The summed E-state index contributed by atoms with van der Waals surface area (Å²) in [6.45, 7) is 0.915. The molecular weight excluding hydrogens is 215 g/mol. The van der Waals surface area contributed by atoms with E-state index in [1.807, 2.05) is 0 Å². The highest BCUT2D eigenvalue weighted by Crippen LogP contribution is 2.36. The molecule has 5 heteroatoms. The van der Waals surface area contributed by atoms with Crippen LogP contribution in [0.15, 0.2) is 24.3 Å². The molecule has 1 rings (SSSR count). The minimum absolute atomic E-state index is 0.0440. The largest absolute Gasteiger partial charge is 0.410 e. The molecule has 0 heterocycles. The molecule has 0 amide bonds. The number of nitrogens with two attached hydrogens (primary N) is 1. The van der Waals surface area contributed by atoms with Crippen LogP contribution in [0.25, 0.3) is 0 Å². The van der Waals surface area contributed by atoms with Crippen LogP contribution in [0.3, 0.4) is 0 Å². The monoisotopic (exact) mass is 223 g/mol. The van der Waals surface area contributed by atoms with E-state index in [-0.39, 0.29) is 10.6 Å². The van der Waals surface area contributed by atoms with E-state index in [4.69, 9.17) is 17.3 Å². The highest BCUT2D eigenvalue weighted by atomic mass is 35.5. The summed E-state index contributed by atoms with van der Waals surface area (Å²) < 4.78 is 37.4. The van der Waals surface area contributed by atoms with Crippen molar-refractivity contribution in [3.63, 3.8) is 0 Å². The number of hydrogen-bond acceptors (Lipinski definition) is 1. The van der Waals surface area contributed by atoms with Gasteiger partial charge < -0.3 is 5.73 Å². The molecule has 1 atom stereocenters. The van der Waals surface area contributed by atoms with Crippen LogP contribution >= 0.6 is 11.6 Å². The molecule has 0 aliphatic carbocycles. The summed E-state index contributed by atoms with van der Waals surface area (Å²) in [5.41, 5.74) is 2.79. The average molecular weight is 224 g/mol. The Labute approximate surface area is 84.7 Å². The topological polar surface area (TPSA) is 26.0 Å². The zero-order valence-corrected chi connectivity index (χ0v) is 8.15. The van der Waals surface area contributed by atoms with E-state index < -0.39 is 11.7 Å². The maximum absolute atomic E-state index is 12.5. The third-order valence-electron chi connectivity index (χ3n) is 2.01. The third-order valence-corrected chi connectivity index (χ3v) is 2.25. The van der Waals surface area contributed by atoms with Crippen molar-refractivity contribution in [2.75, 3.05) is 0 Å². The van der Waals surface area contributed by atoms with Crippen LogP contribution < -0.4 is 5.73 Å². The fourth-order valence-electron chi connectivity index (χ4n) is 0.975. The molecule has 0 saturated carbocycles. The van der Waals surface area contributed by atoms with Gasteiger partial charge in [0.15, 0.2) is 0 Å². The van der Waals surface area contributed by atoms with Gasteiger partial charge in [-0.15, -0.1) is 0 Å². The van der Waals surface area contributed by atoms with E-state index in [2.05, 4.69) is 0 Å². The van der Waals surface area contributed by atoms with Gasteiger partial charge in [-0.2, -0.15) is 13.2 Å². The van der Waals surface area contributed by atoms with Gasteiger partial charge in [0.25, 0.3) is 0 Å². The molecule has 14 heavy (non-hydrogen) atoms. The lowest BCUT2D eigenvalue weighted by Gasteiger charge is -2.28. The standard InChI is InChI=1S/C9H9ClF3N/c1-8(14,9(11,12)13)6-3-2-4-7(10)5-6/h2-5H,14H2,1H3/t8-/m1/s1. The molecule has 0 saturated heterocycles. The fraction of sp³-hybridized carbons (Fsp3) is 0.333. The fourth-order valence-corrected chi connectivity index (χ4v) is 1.17. The molecule has 2 N–H and O–H groups in total. The lowest BCUT2D eigenvalue weighted by molar-refractivity contribution is -0.184. The Balaban J connectivity index is 3.16. The van der Waals surface area contributed by atoms with Gasteiger partial charge in [0.1, 0.15) is 5.54 Å². The highest BCUT2D eigenvalue weighted by molar-refractivity contribution is 6.30. The Morgan fingerprint density at radius 1 is 1.29 bits per heavy atom. The normalized spacial score (nSPS) is 16.4. The molecule has 0 aliphatic heterocycles. The minimum atomic E-state index is -4.49. The van der Waals surface area contributed by atoms with Crippen molar-refractivity contribution in [2.24, 2.45) is 5.73 Å². The summed E-state index contributed by atoms with van der Waals surface area (Å²) in [7, 11) is 0. The second-order valence-corrected chi connectivity index (χ2v) is 3.65.